The molecule has 0 aliphatic heterocycles. The number of halogens is 4. The van der Waals surface area contributed by atoms with Crippen LogP contribution in [0.3, 0.4) is 0 Å². The first-order valence-corrected chi connectivity index (χ1v) is 8.39. The number of methoxy groups -OCH3 is 1. The van der Waals surface area contributed by atoms with Gasteiger partial charge in [-0.25, -0.2) is 14.8 Å². The highest BCUT2D eigenvalue weighted by molar-refractivity contribution is 5.89. The fraction of sp³-hybridized carbons (Fsp3) is 0.150. The van der Waals surface area contributed by atoms with Crippen molar-refractivity contribution < 1.29 is 27.1 Å². The summed E-state index contributed by atoms with van der Waals surface area (Å²) in [5.41, 5.74) is 1.85. The second-order valence-electron chi connectivity index (χ2n) is 6.04. The minimum Gasteiger partial charge on any atom is -0.481 e. The third-order valence-electron chi connectivity index (χ3n) is 4.05. The Morgan fingerprint density at radius 2 is 1.97 bits per heavy atom. The summed E-state index contributed by atoms with van der Waals surface area (Å²) in [7, 11) is 1.42. The number of hydrogen-bond donors (Lipinski definition) is 1. The molecule has 0 saturated heterocycles. The van der Waals surface area contributed by atoms with Gasteiger partial charge in [-0.15, -0.1) is 0 Å². The van der Waals surface area contributed by atoms with Gasteiger partial charge in [-0.05, 0) is 35.9 Å². The number of benzene rings is 2. The van der Waals surface area contributed by atoms with Crippen LogP contribution in [0.15, 0.2) is 53.6 Å². The number of amides is 1. The molecular formula is C20H15F4N3O2. The summed E-state index contributed by atoms with van der Waals surface area (Å²) in [6, 6.07) is 10.5. The van der Waals surface area contributed by atoms with Crippen LogP contribution in [0.25, 0.3) is 10.9 Å². The van der Waals surface area contributed by atoms with Gasteiger partial charge in [0.1, 0.15) is 5.82 Å². The lowest BCUT2D eigenvalue weighted by atomic mass is 10.1. The summed E-state index contributed by atoms with van der Waals surface area (Å²) in [5, 5.41) is 4.27. The second kappa shape index (κ2) is 8.26. The van der Waals surface area contributed by atoms with Crippen molar-refractivity contribution in [3.8, 4) is 5.88 Å². The van der Waals surface area contributed by atoms with Crippen LogP contribution in [0.2, 0.25) is 0 Å². The van der Waals surface area contributed by atoms with Crippen molar-refractivity contribution in [1.82, 2.24) is 10.4 Å². The van der Waals surface area contributed by atoms with Crippen molar-refractivity contribution in [2.24, 2.45) is 5.10 Å². The molecule has 1 N–H and O–H groups in total. The van der Waals surface area contributed by atoms with Crippen LogP contribution in [-0.2, 0) is 17.4 Å². The normalized spacial score (nSPS) is 11.8. The number of rotatable bonds is 5. The van der Waals surface area contributed by atoms with E-state index in [1.807, 2.05) is 0 Å². The first kappa shape index (κ1) is 20.2. The predicted octanol–water partition coefficient (Wildman–Crippen LogP) is 4.09. The van der Waals surface area contributed by atoms with E-state index in [-0.39, 0.29) is 28.9 Å². The smallest absolute Gasteiger partial charge is 0.416 e. The maximum absolute atomic E-state index is 14.3. The lowest BCUT2D eigenvalue weighted by molar-refractivity contribution is -0.137. The number of nitrogens with zero attached hydrogens (tertiary/aromatic N) is 2. The summed E-state index contributed by atoms with van der Waals surface area (Å²) in [6.07, 6.45) is -3.76. The Hall–Kier alpha value is -3.49. The third-order valence-corrected chi connectivity index (χ3v) is 4.05. The van der Waals surface area contributed by atoms with Crippen molar-refractivity contribution in [1.29, 1.82) is 0 Å². The molecule has 0 saturated carbocycles. The van der Waals surface area contributed by atoms with Crippen LogP contribution >= 0.6 is 0 Å². The quantitative estimate of drug-likeness (QED) is 0.395. The van der Waals surface area contributed by atoms with Crippen molar-refractivity contribution in [3.05, 3.63) is 71.0 Å². The number of fused-ring (bicyclic) bond motifs is 1. The van der Waals surface area contributed by atoms with Crippen molar-refractivity contribution in [2.75, 3.05) is 7.11 Å². The number of carbonyl (C=O) groups is 1. The molecule has 29 heavy (non-hydrogen) atoms. The maximum Gasteiger partial charge on any atom is 0.416 e. The van der Waals surface area contributed by atoms with E-state index in [9.17, 15) is 22.4 Å². The molecule has 1 amide bonds. The number of pyridine rings is 1. The molecule has 3 rings (SSSR count). The van der Waals surface area contributed by atoms with Crippen molar-refractivity contribution in [2.45, 2.75) is 12.6 Å². The van der Waals surface area contributed by atoms with Gasteiger partial charge >= 0.3 is 6.18 Å². The lowest BCUT2D eigenvalue weighted by Crippen LogP contribution is -2.20. The molecule has 0 radical (unpaired) electrons. The Bertz CT molecular complexity index is 1080. The molecule has 1 aromatic heterocycles. The highest BCUT2D eigenvalue weighted by Gasteiger charge is 2.30. The molecule has 0 aliphatic carbocycles. The van der Waals surface area contributed by atoms with Gasteiger partial charge < -0.3 is 4.74 Å². The van der Waals surface area contributed by atoms with E-state index in [2.05, 4.69) is 15.5 Å². The fourth-order valence-electron chi connectivity index (χ4n) is 2.66. The van der Waals surface area contributed by atoms with Crippen LogP contribution in [0, 0.1) is 5.82 Å². The van der Waals surface area contributed by atoms with Gasteiger partial charge in [0.25, 0.3) is 0 Å². The predicted molar refractivity (Wildman–Crippen MR) is 99.1 cm³/mol. The Balaban J connectivity index is 1.75. The van der Waals surface area contributed by atoms with Gasteiger partial charge in [-0.1, -0.05) is 12.1 Å². The molecule has 0 bridgehead atoms. The number of aromatic nitrogens is 1. The van der Waals surface area contributed by atoms with E-state index in [1.165, 1.54) is 31.4 Å². The van der Waals surface area contributed by atoms with Gasteiger partial charge in [0.05, 0.1) is 30.8 Å². The minimum absolute atomic E-state index is 0.0631. The Morgan fingerprint density at radius 3 is 2.69 bits per heavy atom. The molecule has 0 unspecified atom stereocenters. The van der Waals surface area contributed by atoms with Crippen LogP contribution in [0.1, 0.15) is 16.7 Å². The van der Waals surface area contributed by atoms with Gasteiger partial charge in [0.15, 0.2) is 0 Å². The standard InChI is InChI=1S/C20H15F4N3O2/c1-29-18-8-6-13-5-7-16(21)15(19(13)26-18)10-17(28)27-25-11-12-3-2-4-14(9-12)20(22,23)24/h2-9,11H,10H2,1H3,(H,27,28)/b25-11+. The second-order valence-corrected chi connectivity index (χ2v) is 6.04. The fourth-order valence-corrected chi connectivity index (χ4v) is 2.66. The van der Waals surface area contributed by atoms with Gasteiger partial charge in [-0.2, -0.15) is 18.3 Å². The Kier molecular flexibility index (Phi) is 5.76. The Morgan fingerprint density at radius 1 is 1.21 bits per heavy atom. The SMILES string of the molecule is COc1ccc2ccc(F)c(CC(=O)N/N=C/c3cccc(C(F)(F)F)c3)c2n1. The molecule has 9 heteroatoms. The van der Waals surface area contributed by atoms with Gasteiger partial charge in [0.2, 0.25) is 11.8 Å². The third kappa shape index (κ3) is 4.87. The monoisotopic (exact) mass is 405 g/mol. The van der Waals surface area contributed by atoms with Crippen molar-refractivity contribution in [3.63, 3.8) is 0 Å². The molecule has 0 fully saturated rings. The summed E-state index contributed by atoms with van der Waals surface area (Å²) < 4.78 is 57.4. The molecule has 0 atom stereocenters. The largest absolute Gasteiger partial charge is 0.481 e. The zero-order valence-corrected chi connectivity index (χ0v) is 15.1. The molecule has 2 aromatic carbocycles. The molecule has 1 heterocycles. The zero-order chi connectivity index (χ0) is 21.0. The van der Waals surface area contributed by atoms with E-state index in [4.69, 9.17) is 4.74 Å². The van der Waals surface area contributed by atoms with Crippen molar-refractivity contribution >= 4 is 23.0 Å². The Labute approximate surface area is 163 Å². The summed E-state index contributed by atoms with van der Waals surface area (Å²) in [6.45, 7) is 0. The molecule has 5 nitrogen and oxygen atoms in total. The molecule has 0 aliphatic rings. The molecule has 3 aromatic rings. The number of alkyl halides is 3. The minimum atomic E-state index is -4.48. The van der Waals surface area contributed by atoms with Gasteiger partial charge in [0, 0.05) is 17.0 Å². The average molecular weight is 405 g/mol. The molecule has 0 spiro atoms. The highest BCUT2D eigenvalue weighted by atomic mass is 19.4. The molecular weight excluding hydrogens is 390 g/mol. The van der Waals surface area contributed by atoms with E-state index < -0.39 is 23.5 Å². The van der Waals surface area contributed by atoms with E-state index in [0.717, 1.165) is 18.3 Å². The van der Waals surface area contributed by atoms with Gasteiger partial charge in [-0.3, -0.25) is 4.79 Å². The van der Waals surface area contributed by atoms with E-state index >= 15 is 0 Å². The number of hydrogen-bond acceptors (Lipinski definition) is 4. The number of nitrogens with one attached hydrogen (secondary N) is 1. The summed E-state index contributed by atoms with van der Waals surface area (Å²) >= 11 is 0. The maximum atomic E-state index is 14.3. The van der Waals surface area contributed by atoms with Crippen LogP contribution in [0.4, 0.5) is 17.6 Å². The summed E-state index contributed by atoms with van der Waals surface area (Å²) in [4.78, 5) is 16.3. The first-order chi connectivity index (χ1) is 13.8. The zero-order valence-electron chi connectivity index (χ0n) is 15.1. The van der Waals surface area contributed by atoms with E-state index in [0.29, 0.717) is 5.39 Å². The average Bonchev–Trinajstić information content (AvgIpc) is 2.69. The van der Waals surface area contributed by atoms with Crippen LogP contribution in [0.5, 0.6) is 5.88 Å². The number of carbonyl (C=O) groups excluding carboxylic acids is 1. The van der Waals surface area contributed by atoms with Crippen LogP contribution < -0.4 is 10.2 Å². The number of ether oxygens (including phenoxy) is 1. The highest BCUT2D eigenvalue weighted by Crippen LogP contribution is 2.29. The lowest BCUT2D eigenvalue weighted by Gasteiger charge is -2.08. The topological polar surface area (TPSA) is 63.6 Å². The van der Waals surface area contributed by atoms with Crippen LogP contribution in [-0.4, -0.2) is 24.2 Å². The van der Waals surface area contributed by atoms with E-state index in [1.54, 1.807) is 12.1 Å². The number of hydrazone groups is 1. The first-order valence-electron chi connectivity index (χ1n) is 8.39. The molecule has 150 valence electrons. The summed E-state index contributed by atoms with van der Waals surface area (Å²) in [5.74, 6) is -0.994.